The normalized spacial score (nSPS) is 12.3. The first kappa shape index (κ1) is 21.2. The highest BCUT2D eigenvalue weighted by Crippen LogP contribution is 2.19. The summed E-state index contributed by atoms with van der Waals surface area (Å²) in [7, 11) is 0. The molecule has 0 unspecified atom stereocenters. The zero-order valence-corrected chi connectivity index (χ0v) is 17.1. The van der Waals surface area contributed by atoms with Gasteiger partial charge in [-0.25, -0.2) is 0 Å². The molecule has 0 aromatic heterocycles. The van der Waals surface area contributed by atoms with Gasteiger partial charge in [-0.05, 0) is 74.0 Å². The topological polar surface area (TPSA) is 35.5 Å². The van der Waals surface area contributed by atoms with E-state index >= 15 is 0 Å². The van der Waals surface area contributed by atoms with Crippen molar-refractivity contribution in [2.45, 2.75) is 40.5 Å². The number of carbonyl (C=O) groups excluding carboxylic acids is 1. The summed E-state index contributed by atoms with van der Waals surface area (Å²) in [6.45, 7) is 8.01. The van der Waals surface area contributed by atoms with E-state index in [1.54, 1.807) is 18.2 Å². The Labute approximate surface area is 168 Å². The molecule has 0 amide bonds. The number of hydrogen-bond acceptors (Lipinski definition) is 3. The molecule has 2 aromatic rings. The molecule has 0 atom stereocenters. The average Bonchev–Trinajstić information content (AvgIpc) is 2.75. The first-order chi connectivity index (χ1) is 13.6. The van der Waals surface area contributed by atoms with E-state index in [9.17, 15) is 4.79 Å². The number of ether oxygens (including phenoxy) is 2. The van der Waals surface area contributed by atoms with Crippen LogP contribution in [0.25, 0.3) is 6.08 Å². The monoisotopic (exact) mass is 376 g/mol. The molecule has 0 radical (unpaired) electrons. The van der Waals surface area contributed by atoms with Crippen molar-refractivity contribution in [1.29, 1.82) is 0 Å². The molecule has 28 heavy (non-hydrogen) atoms. The Hall–Kier alpha value is -3.07. The second kappa shape index (κ2) is 10.9. The lowest BCUT2D eigenvalue weighted by Crippen LogP contribution is -1.96. The zero-order chi connectivity index (χ0) is 20.4. The highest BCUT2D eigenvalue weighted by Gasteiger charge is 2.04. The van der Waals surface area contributed by atoms with Crippen LogP contribution in [0.3, 0.4) is 0 Å². The molecule has 2 aromatic carbocycles. The lowest BCUT2D eigenvalue weighted by atomic mass is 10.1. The van der Waals surface area contributed by atoms with E-state index in [0.717, 1.165) is 41.4 Å². The molecule has 0 spiro atoms. The van der Waals surface area contributed by atoms with Crippen LogP contribution in [0.1, 0.15) is 56.5 Å². The first-order valence-corrected chi connectivity index (χ1v) is 9.68. The highest BCUT2D eigenvalue weighted by atomic mass is 16.5. The van der Waals surface area contributed by atoms with Crippen molar-refractivity contribution >= 4 is 11.9 Å². The van der Waals surface area contributed by atoms with Gasteiger partial charge in [0.1, 0.15) is 11.5 Å². The predicted octanol–water partition coefficient (Wildman–Crippen LogP) is 6.97. The maximum atomic E-state index is 12.4. The lowest BCUT2D eigenvalue weighted by Gasteiger charge is -2.08. The van der Waals surface area contributed by atoms with E-state index in [1.807, 2.05) is 75.4 Å². The summed E-state index contributed by atoms with van der Waals surface area (Å²) in [5.74, 6) is 3.33. The highest BCUT2D eigenvalue weighted by molar-refractivity contribution is 6.06. The van der Waals surface area contributed by atoms with E-state index in [4.69, 9.17) is 9.47 Å². The SMILES string of the molecule is CC=C(CC)Oc1ccc(C=CC(=O)c2ccc(OC(=CC)CC)cc2)cc1. The Morgan fingerprint density at radius 1 is 0.786 bits per heavy atom. The predicted molar refractivity (Wildman–Crippen MR) is 116 cm³/mol. The summed E-state index contributed by atoms with van der Waals surface area (Å²) in [5.41, 5.74) is 1.57. The van der Waals surface area contributed by atoms with Crippen molar-refractivity contribution in [2.24, 2.45) is 0 Å². The molecule has 146 valence electrons. The van der Waals surface area contributed by atoms with Crippen LogP contribution in [0, 0.1) is 0 Å². The van der Waals surface area contributed by atoms with Gasteiger partial charge in [0, 0.05) is 18.4 Å². The number of carbonyl (C=O) groups is 1. The third kappa shape index (κ3) is 6.27. The molecule has 0 heterocycles. The molecular weight excluding hydrogens is 348 g/mol. The molecular formula is C25H28O3. The number of rotatable bonds is 9. The minimum Gasteiger partial charge on any atom is -0.462 e. The van der Waals surface area contributed by atoms with Gasteiger partial charge in [0.25, 0.3) is 0 Å². The Kier molecular flexibility index (Phi) is 8.29. The van der Waals surface area contributed by atoms with Crippen LogP contribution in [0.2, 0.25) is 0 Å². The summed E-state index contributed by atoms with van der Waals surface area (Å²) < 4.78 is 11.5. The van der Waals surface area contributed by atoms with Crippen molar-refractivity contribution in [3.8, 4) is 11.5 Å². The summed E-state index contributed by atoms with van der Waals surface area (Å²) in [6, 6.07) is 14.9. The molecule has 0 aliphatic rings. The molecule has 3 nitrogen and oxygen atoms in total. The molecule has 0 aliphatic carbocycles. The quantitative estimate of drug-likeness (QED) is 0.269. The number of benzene rings is 2. The third-order valence-corrected chi connectivity index (χ3v) is 4.28. The van der Waals surface area contributed by atoms with Gasteiger partial charge in [-0.1, -0.05) is 32.1 Å². The van der Waals surface area contributed by atoms with Gasteiger partial charge in [-0.2, -0.15) is 0 Å². The van der Waals surface area contributed by atoms with Crippen LogP contribution in [0.15, 0.2) is 78.3 Å². The molecule has 0 saturated carbocycles. The van der Waals surface area contributed by atoms with Crippen molar-refractivity contribution in [3.63, 3.8) is 0 Å². The number of ketones is 1. The number of allylic oxidation sites excluding steroid dienone is 5. The lowest BCUT2D eigenvalue weighted by molar-refractivity contribution is 0.104. The molecule has 0 saturated heterocycles. The molecule has 0 bridgehead atoms. The minimum absolute atomic E-state index is 0.0455. The van der Waals surface area contributed by atoms with Crippen molar-refractivity contribution in [2.75, 3.05) is 0 Å². The van der Waals surface area contributed by atoms with Crippen LogP contribution in [0.4, 0.5) is 0 Å². The molecule has 3 heteroatoms. The fraction of sp³-hybridized carbons (Fsp3) is 0.240. The second-order valence-corrected chi connectivity index (χ2v) is 6.21. The Bertz CT molecular complexity index is 854. The maximum Gasteiger partial charge on any atom is 0.185 e. The van der Waals surface area contributed by atoms with Gasteiger partial charge >= 0.3 is 0 Å². The Balaban J connectivity index is 1.99. The maximum absolute atomic E-state index is 12.4. The zero-order valence-electron chi connectivity index (χ0n) is 17.1. The summed E-state index contributed by atoms with van der Waals surface area (Å²) >= 11 is 0. The largest absolute Gasteiger partial charge is 0.462 e. The molecule has 0 fully saturated rings. The van der Waals surface area contributed by atoms with Gasteiger partial charge in [-0.3, -0.25) is 4.79 Å². The van der Waals surface area contributed by atoms with Gasteiger partial charge < -0.3 is 9.47 Å². The van der Waals surface area contributed by atoms with E-state index < -0.39 is 0 Å². The standard InChI is InChI=1S/C25H28O3/c1-5-21(6-2)27-23-14-9-19(10-15-23)11-18-25(26)20-12-16-24(17-13-20)28-22(7-3)8-4/h5,7,9-18H,6,8H2,1-4H3. The van der Waals surface area contributed by atoms with Crippen LogP contribution in [-0.2, 0) is 0 Å². The Morgan fingerprint density at radius 2 is 1.25 bits per heavy atom. The molecule has 0 N–H and O–H groups in total. The van der Waals surface area contributed by atoms with Crippen LogP contribution < -0.4 is 9.47 Å². The van der Waals surface area contributed by atoms with Crippen molar-refractivity contribution in [3.05, 3.63) is 89.4 Å². The summed E-state index contributed by atoms with van der Waals surface area (Å²) in [6.07, 6.45) is 8.98. The van der Waals surface area contributed by atoms with Gasteiger partial charge in [0.15, 0.2) is 5.78 Å². The smallest absolute Gasteiger partial charge is 0.185 e. The third-order valence-electron chi connectivity index (χ3n) is 4.28. The molecule has 2 rings (SSSR count). The van der Waals surface area contributed by atoms with E-state index in [1.165, 1.54) is 0 Å². The van der Waals surface area contributed by atoms with Gasteiger partial charge in [0.2, 0.25) is 0 Å². The van der Waals surface area contributed by atoms with Crippen molar-refractivity contribution in [1.82, 2.24) is 0 Å². The fourth-order valence-electron chi connectivity index (χ4n) is 2.58. The fourth-order valence-corrected chi connectivity index (χ4v) is 2.58. The molecule has 0 aliphatic heterocycles. The van der Waals surface area contributed by atoms with Crippen LogP contribution in [-0.4, -0.2) is 5.78 Å². The average molecular weight is 376 g/mol. The van der Waals surface area contributed by atoms with E-state index in [2.05, 4.69) is 6.92 Å². The van der Waals surface area contributed by atoms with E-state index in [-0.39, 0.29) is 5.78 Å². The van der Waals surface area contributed by atoms with Crippen molar-refractivity contribution < 1.29 is 14.3 Å². The van der Waals surface area contributed by atoms with Gasteiger partial charge in [0.05, 0.1) is 11.5 Å². The first-order valence-electron chi connectivity index (χ1n) is 9.68. The Morgan fingerprint density at radius 3 is 1.68 bits per heavy atom. The summed E-state index contributed by atoms with van der Waals surface area (Å²) in [4.78, 5) is 12.4. The van der Waals surface area contributed by atoms with Crippen LogP contribution in [0.5, 0.6) is 11.5 Å². The second-order valence-electron chi connectivity index (χ2n) is 6.21. The van der Waals surface area contributed by atoms with Crippen LogP contribution >= 0.6 is 0 Å². The van der Waals surface area contributed by atoms with Gasteiger partial charge in [-0.15, -0.1) is 0 Å². The number of hydrogen-bond donors (Lipinski definition) is 0. The summed E-state index contributed by atoms with van der Waals surface area (Å²) in [5, 5.41) is 0. The minimum atomic E-state index is -0.0455. The van der Waals surface area contributed by atoms with E-state index in [0.29, 0.717) is 5.56 Å².